The van der Waals surface area contributed by atoms with Crippen LogP contribution in [0.3, 0.4) is 0 Å². The predicted molar refractivity (Wildman–Crippen MR) is 65.9 cm³/mol. The fourth-order valence-electron chi connectivity index (χ4n) is 2.31. The van der Waals surface area contributed by atoms with Gasteiger partial charge in [0.15, 0.2) is 5.78 Å². The highest BCUT2D eigenvalue weighted by molar-refractivity contribution is 5.94. The number of Topliss-reactive ketones (excluding diaryl/α,β-unsaturated/α-hetero) is 1. The Morgan fingerprint density at radius 3 is 2.41 bits per heavy atom. The van der Waals surface area contributed by atoms with Gasteiger partial charge in [-0.05, 0) is 44.3 Å². The van der Waals surface area contributed by atoms with Gasteiger partial charge in [-0.3, -0.25) is 4.79 Å². The lowest BCUT2D eigenvalue weighted by Gasteiger charge is -2.26. The van der Waals surface area contributed by atoms with Gasteiger partial charge in [-0.2, -0.15) is 0 Å². The molecule has 1 aromatic rings. The number of alkyl halides is 1. The minimum atomic E-state index is -0.905. The number of carbonyl (C=O) groups excluding carboxylic acids is 1. The van der Waals surface area contributed by atoms with Gasteiger partial charge in [0, 0.05) is 5.56 Å². The Morgan fingerprint density at radius 2 is 1.88 bits per heavy atom. The number of ketones is 1. The number of piperidine rings is 1. The molecule has 1 heterocycles. The molecule has 17 heavy (non-hydrogen) atoms. The van der Waals surface area contributed by atoms with Crippen molar-refractivity contribution in [1.82, 2.24) is 5.32 Å². The van der Waals surface area contributed by atoms with Crippen LogP contribution in [0.4, 0.5) is 4.39 Å². The van der Waals surface area contributed by atoms with Crippen LogP contribution in [0, 0.1) is 5.92 Å². The third-order valence-electron chi connectivity index (χ3n) is 3.43. The maximum Gasteiger partial charge on any atom is 0.159 e. The average Bonchev–Trinajstić information content (AvgIpc) is 2.39. The number of carbonyl (C=O) groups is 1. The summed E-state index contributed by atoms with van der Waals surface area (Å²) in [7, 11) is 0. The third kappa shape index (κ3) is 2.91. The molecule has 1 unspecified atom stereocenters. The molecule has 0 saturated carbocycles. The number of hydrogen-bond acceptors (Lipinski definition) is 2. The summed E-state index contributed by atoms with van der Waals surface area (Å²) < 4.78 is 14.2. The summed E-state index contributed by atoms with van der Waals surface area (Å²) in [6, 6.07) is 6.91. The standard InChI is InChI=1S/C14H18FNO/c1-10(17)11-2-4-12(5-3-11)14(15)13-6-8-16-9-7-13/h2-5,13-14,16H,6-9H2,1H3. The van der Waals surface area contributed by atoms with Gasteiger partial charge in [0.2, 0.25) is 0 Å². The molecule has 2 nitrogen and oxygen atoms in total. The second-order valence-electron chi connectivity index (χ2n) is 4.67. The average molecular weight is 235 g/mol. The van der Waals surface area contributed by atoms with E-state index in [2.05, 4.69) is 5.32 Å². The van der Waals surface area contributed by atoms with Crippen LogP contribution in [0.25, 0.3) is 0 Å². The smallest absolute Gasteiger partial charge is 0.159 e. The lowest BCUT2D eigenvalue weighted by Crippen LogP contribution is -2.29. The number of hydrogen-bond donors (Lipinski definition) is 1. The Labute approximate surface area is 101 Å². The number of rotatable bonds is 3. The van der Waals surface area contributed by atoms with Crippen molar-refractivity contribution in [1.29, 1.82) is 0 Å². The summed E-state index contributed by atoms with van der Waals surface area (Å²) in [6.45, 7) is 3.32. The molecule has 1 N–H and O–H groups in total. The molecule has 1 saturated heterocycles. The highest BCUT2D eigenvalue weighted by Crippen LogP contribution is 2.32. The SMILES string of the molecule is CC(=O)c1ccc(C(F)C2CCNCC2)cc1. The summed E-state index contributed by atoms with van der Waals surface area (Å²) in [5.74, 6) is 0.133. The van der Waals surface area contributed by atoms with E-state index < -0.39 is 6.17 Å². The maximum atomic E-state index is 14.2. The van der Waals surface area contributed by atoms with Gasteiger partial charge in [-0.15, -0.1) is 0 Å². The molecular formula is C14H18FNO. The molecule has 1 aliphatic rings. The summed E-state index contributed by atoms with van der Waals surface area (Å²) in [6.07, 6.45) is 0.865. The molecule has 0 amide bonds. The monoisotopic (exact) mass is 235 g/mol. The van der Waals surface area contributed by atoms with Gasteiger partial charge < -0.3 is 5.32 Å². The van der Waals surface area contributed by atoms with Crippen molar-refractivity contribution in [2.24, 2.45) is 5.92 Å². The zero-order valence-electron chi connectivity index (χ0n) is 10.1. The van der Waals surface area contributed by atoms with E-state index in [1.54, 1.807) is 24.3 Å². The van der Waals surface area contributed by atoms with Crippen molar-refractivity contribution in [3.05, 3.63) is 35.4 Å². The van der Waals surface area contributed by atoms with E-state index in [1.165, 1.54) is 6.92 Å². The van der Waals surface area contributed by atoms with Crippen molar-refractivity contribution in [2.45, 2.75) is 25.9 Å². The first-order valence-electron chi connectivity index (χ1n) is 6.14. The lowest BCUT2D eigenvalue weighted by molar-refractivity contribution is 0.101. The van der Waals surface area contributed by atoms with Crippen molar-refractivity contribution >= 4 is 5.78 Å². The quantitative estimate of drug-likeness (QED) is 0.816. The molecule has 0 radical (unpaired) electrons. The topological polar surface area (TPSA) is 29.1 Å². The lowest BCUT2D eigenvalue weighted by atomic mass is 9.89. The minimum absolute atomic E-state index is 0.0221. The number of nitrogens with one attached hydrogen (secondary N) is 1. The van der Waals surface area contributed by atoms with Crippen LogP contribution < -0.4 is 5.32 Å². The van der Waals surface area contributed by atoms with Crippen molar-refractivity contribution in [2.75, 3.05) is 13.1 Å². The first kappa shape index (κ1) is 12.2. The zero-order chi connectivity index (χ0) is 12.3. The molecule has 0 aliphatic carbocycles. The van der Waals surface area contributed by atoms with E-state index in [-0.39, 0.29) is 11.7 Å². The van der Waals surface area contributed by atoms with E-state index in [4.69, 9.17) is 0 Å². The molecule has 1 aromatic carbocycles. The van der Waals surface area contributed by atoms with E-state index in [1.807, 2.05) is 0 Å². The normalized spacial score (nSPS) is 18.9. The molecular weight excluding hydrogens is 217 g/mol. The molecule has 1 aliphatic heterocycles. The van der Waals surface area contributed by atoms with Crippen LogP contribution in [-0.4, -0.2) is 18.9 Å². The van der Waals surface area contributed by atoms with Crippen LogP contribution in [0.2, 0.25) is 0 Å². The highest BCUT2D eigenvalue weighted by atomic mass is 19.1. The predicted octanol–water partition coefficient (Wildman–Crippen LogP) is 2.90. The second kappa shape index (κ2) is 5.41. The van der Waals surface area contributed by atoms with Gasteiger partial charge >= 0.3 is 0 Å². The summed E-state index contributed by atoms with van der Waals surface area (Å²) in [4.78, 5) is 11.1. The molecule has 0 aromatic heterocycles. The van der Waals surface area contributed by atoms with Crippen LogP contribution in [0.5, 0.6) is 0 Å². The summed E-state index contributed by atoms with van der Waals surface area (Å²) in [5.41, 5.74) is 1.34. The third-order valence-corrected chi connectivity index (χ3v) is 3.43. The number of halogens is 1. The van der Waals surface area contributed by atoms with Gasteiger partial charge in [0.1, 0.15) is 6.17 Å². The maximum absolute atomic E-state index is 14.2. The van der Waals surface area contributed by atoms with Crippen molar-refractivity contribution in [3.63, 3.8) is 0 Å². The molecule has 2 rings (SSSR count). The first-order valence-corrected chi connectivity index (χ1v) is 6.14. The Balaban J connectivity index is 2.07. The van der Waals surface area contributed by atoms with Crippen LogP contribution >= 0.6 is 0 Å². The van der Waals surface area contributed by atoms with Crippen molar-refractivity contribution in [3.8, 4) is 0 Å². The van der Waals surface area contributed by atoms with Gasteiger partial charge in [-0.1, -0.05) is 24.3 Å². The number of benzene rings is 1. The van der Waals surface area contributed by atoms with Crippen molar-refractivity contribution < 1.29 is 9.18 Å². The van der Waals surface area contributed by atoms with Gasteiger partial charge in [0.05, 0.1) is 0 Å². The Hall–Kier alpha value is -1.22. The Bertz CT molecular complexity index is 382. The van der Waals surface area contributed by atoms with E-state index in [0.717, 1.165) is 25.9 Å². The summed E-state index contributed by atoms with van der Waals surface area (Å²) in [5, 5.41) is 3.23. The molecule has 1 atom stereocenters. The van der Waals surface area contributed by atoms with E-state index in [9.17, 15) is 9.18 Å². The zero-order valence-corrected chi connectivity index (χ0v) is 10.1. The van der Waals surface area contributed by atoms with Gasteiger partial charge in [-0.25, -0.2) is 4.39 Å². The fraction of sp³-hybridized carbons (Fsp3) is 0.500. The molecule has 0 bridgehead atoms. The Kier molecular flexibility index (Phi) is 3.89. The molecule has 3 heteroatoms. The molecule has 92 valence electrons. The molecule has 1 fully saturated rings. The second-order valence-corrected chi connectivity index (χ2v) is 4.67. The highest BCUT2D eigenvalue weighted by Gasteiger charge is 2.24. The minimum Gasteiger partial charge on any atom is -0.317 e. The molecule has 0 spiro atoms. The van der Waals surface area contributed by atoms with Gasteiger partial charge in [0.25, 0.3) is 0 Å². The van der Waals surface area contributed by atoms with E-state index >= 15 is 0 Å². The van der Waals surface area contributed by atoms with Crippen LogP contribution in [0.1, 0.15) is 41.9 Å². The van der Waals surface area contributed by atoms with E-state index in [0.29, 0.717) is 11.1 Å². The fourth-order valence-corrected chi connectivity index (χ4v) is 2.31. The van der Waals surface area contributed by atoms with Crippen LogP contribution in [0.15, 0.2) is 24.3 Å². The first-order chi connectivity index (χ1) is 8.18. The summed E-state index contributed by atoms with van der Waals surface area (Å²) >= 11 is 0. The Morgan fingerprint density at radius 1 is 1.29 bits per heavy atom. The van der Waals surface area contributed by atoms with Crippen LogP contribution in [-0.2, 0) is 0 Å². The largest absolute Gasteiger partial charge is 0.317 e.